The smallest absolute Gasteiger partial charge is 0.328 e. The molecule has 0 aliphatic rings. The highest BCUT2D eigenvalue weighted by Gasteiger charge is 2.21. The van der Waals surface area contributed by atoms with Crippen LogP contribution in [0.5, 0.6) is 0 Å². The molecule has 4 nitrogen and oxygen atoms in total. The Morgan fingerprint density at radius 3 is 2.89 bits per heavy atom. The van der Waals surface area contributed by atoms with Crippen molar-refractivity contribution >= 4 is 40.2 Å². The van der Waals surface area contributed by atoms with Crippen LogP contribution in [0.4, 0.5) is 0 Å². The Morgan fingerprint density at radius 2 is 2.26 bits per heavy atom. The lowest BCUT2D eigenvalue weighted by molar-refractivity contribution is -0.143. The summed E-state index contributed by atoms with van der Waals surface area (Å²) in [7, 11) is 1.37. The summed E-state index contributed by atoms with van der Waals surface area (Å²) >= 11 is 11.8. The fraction of sp³-hybridized carbons (Fsp3) is 0.385. The Kier molecular flexibility index (Phi) is 4.32. The fourth-order valence-corrected chi connectivity index (χ4v) is 2.42. The maximum atomic E-state index is 11.8. The summed E-state index contributed by atoms with van der Waals surface area (Å²) in [6.07, 6.45) is 0.579. The van der Waals surface area contributed by atoms with Crippen molar-refractivity contribution in [3.8, 4) is 0 Å². The normalized spacial score (nSPS) is 12.6. The third-order valence-electron chi connectivity index (χ3n) is 2.97. The van der Waals surface area contributed by atoms with Crippen LogP contribution >= 0.6 is 23.2 Å². The number of carbonyl (C=O) groups excluding carboxylic acids is 1. The van der Waals surface area contributed by atoms with Crippen LogP contribution in [0, 0.1) is 0 Å². The minimum absolute atomic E-state index is 0.324. The second-order valence-electron chi connectivity index (χ2n) is 4.17. The SMILES string of the molecule is COC(=O)C(C)n1c(CCCl)nc2ccc(Cl)cc21. The molecule has 0 radical (unpaired) electrons. The Balaban J connectivity index is 2.62. The largest absolute Gasteiger partial charge is 0.467 e. The number of aryl methyl sites for hydroxylation is 1. The van der Waals surface area contributed by atoms with E-state index >= 15 is 0 Å². The minimum atomic E-state index is -0.466. The molecule has 19 heavy (non-hydrogen) atoms. The molecular formula is C13H14Cl2N2O2. The van der Waals surface area contributed by atoms with Crippen LogP contribution < -0.4 is 0 Å². The standard InChI is InChI=1S/C13H14Cl2N2O2/c1-8(13(18)19-2)17-11-7-9(15)3-4-10(11)16-12(17)5-6-14/h3-4,7-8H,5-6H2,1-2H3. The van der Waals surface area contributed by atoms with Crippen molar-refractivity contribution in [3.63, 3.8) is 0 Å². The molecule has 1 atom stereocenters. The van der Waals surface area contributed by atoms with Crippen molar-refractivity contribution in [1.29, 1.82) is 0 Å². The number of alkyl halides is 1. The first kappa shape index (κ1) is 14.2. The molecule has 1 heterocycles. The molecule has 0 saturated heterocycles. The van der Waals surface area contributed by atoms with Crippen LogP contribution in [-0.4, -0.2) is 28.5 Å². The quantitative estimate of drug-likeness (QED) is 0.643. The number of hydrogen-bond donors (Lipinski definition) is 0. The average Bonchev–Trinajstić information content (AvgIpc) is 2.74. The molecule has 1 aromatic heterocycles. The molecule has 0 fully saturated rings. The van der Waals surface area contributed by atoms with Crippen molar-refractivity contribution in [2.24, 2.45) is 0 Å². The number of carbonyl (C=O) groups is 1. The first-order valence-electron chi connectivity index (χ1n) is 5.88. The molecule has 0 amide bonds. The van der Waals surface area contributed by atoms with Gasteiger partial charge in [-0.25, -0.2) is 9.78 Å². The number of nitrogens with zero attached hydrogens (tertiary/aromatic N) is 2. The van der Waals surface area contributed by atoms with Gasteiger partial charge in [-0.3, -0.25) is 0 Å². The molecule has 0 aliphatic heterocycles. The van der Waals surface area contributed by atoms with Crippen LogP contribution in [0.1, 0.15) is 18.8 Å². The number of methoxy groups -OCH3 is 1. The van der Waals surface area contributed by atoms with Crippen molar-refractivity contribution in [1.82, 2.24) is 9.55 Å². The van der Waals surface area contributed by atoms with E-state index in [4.69, 9.17) is 27.9 Å². The van der Waals surface area contributed by atoms with Crippen LogP contribution in [0.3, 0.4) is 0 Å². The third kappa shape index (κ3) is 2.69. The zero-order chi connectivity index (χ0) is 14.0. The summed E-state index contributed by atoms with van der Waals surface area (Å²) in [4.78, 5) is 16.3. The van der Waals surface area contributed by atoms with Crippen molar-refractivity contribution in [2.75, 3.05) is 13.0 Å². The number of imidazole rings is 1. The molecule has 2 aromatic rings. The van der Waals surface area contributed by atoms with Crippen molar-refractivity contribution in [2.45, 2.75) is 19.4 Å². The van der Waals surface area contributed by atoms with E-state index in [0.29, 0.717) is 17.3 Å². The summed E-state index contributed by atoms with van der Waals surface area (Å²) in [5.74, 6) is 0.866. The first-order chi connectivity index (χ1) is 9.08. The summed E-state index contributed by atoms with van der Waals surface area (Å²) in [6, 6.07) is 4.93. The van der Waals surface area contributed by atoms with Gasteiger partial charge in [-0.1, -0.05) is 11.6 Å². The summed E-state index contributed by atoms with van der Waals surface area (Å²) in [5.41, 5.74) is 1.60. The van der Waals surface area contributed by atoms with E-state index < -0.39 is 6.04 Å². The Labute approximate surface area is 121 Å². The van der Waals surface area contributed by atoms with Gasteiger partial charge in [-0.15, -0.1) is 11.6 Å². The molecule has 6 heteroatoms. The lowest BCUT2D eigenvalue weighted by Gasteiger charge is -2.15. The second-order valence-corrected chi connectivity index (χ2v) is 4.98. The highest BCUT2D eigenvalue weighted by molar-refractivity contribution is 6.31. The van der Waals surface area contributed by atoms with Crippen LogP contribution in [-0.2, 0) is 16.0 Å². The number of halogens is 2. The summed E-state index contributed by atoms with van der Waals surface area (Å²) in [6.45, 7) is 1.77. The van der Waals surface area contributed by atoms with Gasteiger partial charge in [0.1, 0.15) is 11.9 Å². The van der Waals surface area contributed by atoms with Gasteiger partial charge < -0.3 is 9.30 Å². The van der Waals surface area contributed by atoms with Gasteiger partial charge in [0.2, 0.25) is 0 Å². The maximum Gasteiger partial charge on any atom is 0.328 e. The third-order valence-corrected chi connectivity index (χ3v) is 3.40. The predicted octanol–water partition coefficient (Wildman–Crippen LogP) is 3.21. The molecule has 1 aromatic carbocycles. The second kappa shape index (κ2) is 5.80. The average molecular weight is 301 g/mol. The first-order valence-corrected chi connectivity index (χ1v) is 6.80. The molecule has 1 unspecified atom stereocenters. The van der Waals surface area contributed by atoms with Gasteiger partial charge in [0.15, 0.2) is 0 Å². The summed E-state index contributed by atoms with van der Waals surface area (Å²) in [5, 5.41) is 0.600. The van der Waals surface area contributed by atoms with Gasteiger partial charge in [-0.2, -0.15) is 0 Å². The highest BCUT2D eigenvalue weighted by atomic mass is 35.5. The van der Waals surface area contributed by atoms with E-state index in [9.17, 15) is 4.79 Å². The summed E-state index contributed by atoms with van der Waals surface area (Å²) < 4.78 is 6.62. The van der Waals surface area contributed by atoms with Gasteiger partial charge in [0.05, 0.1) is 18.1 Å². The van der Waals surface area contributed by atoms with E-state index in [2.05, 4.69) is 4.98 Å². The number of benzene rings is 1. The van der Waals surface area contributed by atoms with Gasteiger partial charge in [-0.05, 0) is 25.1 Å². The number of esters is 1. The van der Waals surface area contributed by atoms with Crippen molar-refractivity contribution < 1.29 is 9.53 Å². The molecule has 2 rings (SSSR count). The van der Waals surface area contributed by atoms with Gasteiger partial charge >= 0.3 is 5.97 Å². The molecule has 102 valence electrons. The molecular weight excluding hydrogens is 287 g/mol. The van der Waals surface area contributed by atoms with E-state index in [-0.39, 0.29) is 5.97 Å². The minimum Gasteiger partial charge on any atom is -0.467 e. The predicted molar refractivity (Wildman–Crippen MR) is 75.9 cm³/mol. The fourth-order valence-electron chi connectivity index (χ4n) is 2.09. The van der Waals surface area contributed by atoms with Gasteiger partial charge in [0, 0.05) is 17.3 Å². The van der Waals surface area contributed by atoms with Crippen LogP contribution in [0.15, 0.2) is 18.2 Å². The van der Waals surface area contributed by atoms with E-state index in [1.807, 2.05) is 10.6 Å². The molecule has 0 aliphatic carbocycles. The van der Waals surface area contributed by atoms with E-state index in [1.54, 1.807) is 19.1 Å². The Morgan fingerprint density at radius 1 is 1.53 bits per heavy atom. The topological polar surface area (TPSA) is 44.1 Å². The Hall–Kier alpha value is -1.26. The number of rotatable bonds is 4. The lowest BCUT2D eigenvalue weighted by Crippen LogP contribution is -2.20. The zero-order valence-corrected chi connectivity index (χ0v) is 12.2. The van der Waals surface area contributed by atoms with Gasteiger partial charge in [0.25, 0.3) is 0 Å². The molecule has 0 saturated carbocycles. The van der Waals surface area contributed by atoms with Crippen LogP contribution in [0.2, 0.25) is 5.02 Å². The number of hydrogen-bond acceptors (Lipinski definition) is 3. The highest BCUT2D eigenvalue weighted by Crippen LogP contribution is 2.25. The molecule has 0 bridgehead atoms. The van der Waals surface area contributed by atoms with E-state index in [0.717, 1.165) is 16.9 Å². The number of aromatic nitrogens is 2. The lowest BCUT2D eigenvalue weighted by atomic mass is 10.2. The van der Waals surface area contributed by atoms with E-state index in [1.165, 1.54) is 7.11 Å². The molecule has 0 N–H and O–H groups in total. The number of fused-ring (bicyclic) bond motifs is 1. The molecule has 0 spiro atoms. The van der Waals surface area contributed by atoms with Crippen molar-refractivity contribution in [3.05, 3.63) is 29.0 Å². The Bertz CT molecular complexity index is 610. The number of ether oxygens (including phenoxy) is 1. The van der Waals surface area contributed by atoms with Crippen LogP contribution in [0.25, 0.3) is 11.0 Å². The zero-order valence-electron chi connectivity index (χ0n) is 10.7. The monoisotopic (exact) mass is 300 g/mol. The maximum absolute atomic E-state index is 11.8.